The van der Waals surface area contributed by atoms with Gasteiger partial charge in [-0.15, -0.1) is 0 Å². The summed E-state index contributed by atoms with van der Waals surface area (Å²) in [6.07, 6.45) is 1.46. The predicted octanol–water partition coefficient (Wildman–Crippen LogP) is 4.62. The molecule has 0 radical (unpaired) electrons. The summed E-state index contributed by atoms with van der Waals surface area (Å²) in [4.78, 5) is 16.7. The van der Waals surface area contributed by atoms with E-state index in [0.29, 0.717) is 23.8 Å². The zero-order valence-corrected chi connectivity index (χ0v) is 19.0. The maximum absolute atomic E-state index is 12.5. The highest BCUT2D eigenvalue weighted by Gasteiger charge is 2.33. The molecule has 2 aromatic carbocycles. The lowest BCUT2D eigenvalue weighted by Crippen LogP contribution is -2.29. The molecule has 1 aromatic heterocycles. The molecule has 0 saturated carbocycles. The summed E-state index contributed by atoms with van der Waals surface area (Å²) in [6, 6.07) is 15.8. The third kappa shape index (κ3) is 4.23. The Morgan fingerprint density at radius 1 is 1.09 bits per heavy atom. The summed E-state index contributed by atoms with van der Waals surface area (Å²) < 4.78 is 12.7. The van der Waals surface area contributed by atoms with E-state index in [-0.39, 0.29) is 5.41 Å². The quantitative estimate of drug-likeness (QED) is 0.593. The molecule has 0 fully saturated rings. The van der Waals surface area contributed by atoms with Crippen LogP contribution in [-0.2, 0) is 21.6 Å². The van der Waals surface area contributed by atoms with Gasteiger partial charge in [0.1, 0.15) is 24.7 Å². The van der Waals surface area contributed by atoms with Gasteiger partial charge in [-0.25, -0.2) is 9.48 Å². The number of rotatable bonds is 5. The van der Waals surface area contributed by atoms with Gasteiger partial charge in [-0.1, -0.05) is 57.2 Å². The molecule has 3 aromatic rings. The second kappa shape index (κ2) is 8.49. The first-order valence-corrected chi connectivity index (χ1v) is 10.6. The molecule has 7 nitrogen and oxygen atoms in total. The molecule has 1 atom stereocenters. The Labute approximate surface area is 188 Å². The van der Waals surface area contributed by atoms with Gasteiger partial charge in [0.05, 0.1) is 12.7 Å². The third-order valence-electron chi connectivity index (χ3n) is 5.62. The summed E-state index contributed by atoms with van der Waals surface area (Å²) in [5.74, 6) is 0.932. The Kier molecular flexibility index (Phi) is 5.74. The summed E-state index contributed by atoms with van der Waals surface area (Å²) in [5.41, 5.74) is 4.62. The Morgan fingerprint density at radius 3 is 2.41 bits per heavy atom. The number of methoxy groups -OCH3 is 1. The van der Waals surface area contributed by atoms with Crippen molar-refractivity contribution in [1.82, 2.24) is 14.8 Å². The maximum atomic E-state index is 12.5. The number of ether oxygens (including phenoxy) is 2. The topological polar surface area (TPSA) is 78.3 Å². The van der Waals surface area contributed by atoms with Crippen molar-refractivity contribution in [2.24, 2.45) is 0 Å². The van der Waals surface area contributed by atoms with Crippen molar-refractivity contribution in [3.05, 3.63) is 82.8 Å². The van der Waals surface area contributed by atoms with E-state index in [9.17, 15) is 4.79 Å². The van der Waals surface area contributed by atoms with Gasteiger partial charge in [0.2, 0.25) is 5.95 Å². The molecule has 0 spiro atoms. The highest BCUT2D eigenvalue weighted by molar-refractivity contribution is 5.92. The lowest BCUT2D eigenvalue weighted by atomic mass is 9.87. The van der Waals surface area contributed by atoms with Gasteiger partial charge in [-0.05, 0) is 41.2 Å². The van der Waals surface area contributed by atoms with Crippen molar-refractivity contribution in [1.29, 1.82) is 0 Å². The van der Waals surface area contributed by atoms with Gasteiger partial charge in [0.25, 0.3) is 0 Å². The van der Waals surface area contributed by atoms with Gasteiger partial charge in [0, 0.05) is 5.70 Å². The molecular formula is C25H28N4O3. The number of aromatic nitrogens is 3. The van der Waals surface area contributed by atoms with Crippen LogP contribution in [0.5, 0.6) is 5.75 Å². The highest BCUT2D eigenvalue weighted by atomic mass is 16.5. The summed E-state index contributed by atoms with van der Waals surface area (Å²) in [5, 5.41) is 7.42. The lowest BCUT2D eigenvalue weighted by molar-refractivity contribution is -0.136. The Balaban J connectivity index is 1.52. The molecule has 166 valence electrons. The van der Waals surface area contributed by atoms with E-state index in [1.165, 1.54) is 19.0 Å². The number of carbonyl (C=O) groups excluding carboxylic acids is 1. The minimum Gasteiger partial charge on any atom is -0.489 e. The monoisotopic (exact) mass is 432 g/mol. The van der Waals surface area contributed by atoms with Gasteiger partial charge >= 0.3 is 5.97 Å². The van der Waals surface area contributed by atoms with Gasteiger partial charge in [-0.3, -0.25) is 0 Å². The Morgan fingerprint density at radius 2 is 1.78 bits per heavy atom. The second-order valence-corrected chi connectivity index (χ2v) is 8.89. The number of anilines is 1. The maximum Gasteiger partial charge on any atom is 0.338 e. The van der Waals surface area contributed by atoms with E-state index >= 15 is 0 Å². The fourth-order valence-electron chi connectivity index (χ4n) is 3.79. The molecule has 0 saturated heterocycles. The fourth-order valence-corrected chi connectivity index (χ4v) is 3.79. The first-order chi connectivity index (χ1) is 15.3. The van der Waals surface area contributed by atoms with Crippen LogP contribution < -0.4 is 10.1 Å². The molecule has 0 bridgehead atoms. The average molecular weight is 433 g/mol. The minimum absolute atomic E-state index is 0.129. The van der Waals surface area contributed by atoms with Crippen LogP contribution in [-0.4, -0.2) is 27.8 Å². The Hall–Kier alpha value is -3.61. The zero-order valence-electron chi connectivity index (χ0n) is 19.0. The molecule has 0 aliphatic carbocycles. The molecule has 1 aliphatic heterocycles. The summed E-state index contributed by atoms with van der Waals surface area (Å²) in [6.45, 7) is 8.92. The van der Waals surface area contributed by atoms with E-state index in [4.69, 9.17) is 9.47 Å². The van der Waals surface area contributed by atoms with Crippen LogP contribution in [0.2, 0.25) is 0 Å². The molecule has 32 heavy (non-hydrogen) atoms. The predicted molar refractivity (Wildman–Crippen MR) is 122 cm³/mol. The van der Waals surface area contributed by atoms with Gasteiger partial charge < -0.3 is 14.8 Å². The minimum atomic E-state index is -0.430. The van der Waals surface area contributed by atoms with Crippen LogP contribution in [0.15, 0.2) is 66.1 Å². The van der Waals surface area contributed by atoms with Crippen LogP contribution in [0.1, 0.15) is 50.4 Å². The summed E-state index contributed by atoms with van der Waals surface area (Å²) >= 11 is 0. The molecule has 1 N–H and O–H groups in total. The molecule has 1 aliphatic rings. The smallest absolute Gasteiger partial charge is 0.338 e. The summed E-state index contributed by atoms with van der Waals surface area (Å²) in [7, 11) is 1.38. The van der Waals surface area contributed by atoms with Crippen LogP contribution in [0, 0.1) is 0 Å². The first kappa shape index (κ1) is 21.6. The number of esters is 1. The molecule has 1 unspecified atom stereocenters. The normalized spacial score (nSPS) is 15.7. The van der Waals surface area contributed by atoms with E-state index < -0.39 is 12.0 Å². The standard InChI is InChI=1S/C25H28N4O3/c1-16-21(23(30)31-5)22(29-24(28-16)26-15-27-29)18-8-12-20(13-9-18)32-14-17-6-10-19(11-7-17)25(2,3)4/h6-13,15,22H,14H2,1-5H3,(H,26,27,28). The van der Waals surface area contributed by atoms with E-state index in [0.717, 1.165) is 16.9 Å². The Bertz CT molecular complexity index is 1140. The number of nitrogens with one attached hydrogen (secondary N) is 1. The number of hydrogen-bond donors (Lipinski definition) is 1. The largest absolute Gasteiger partial charge is 0.489 e. The first-order valence-electron chi connectivity index (χ1n) is 10.6. The van der Waals surface area contributed by atoms with Crippen LogP contribution in [0.25, 0.3) is 0 Å². The average Bonchev–Trinajstić information content (AvgIpc) is 3.24. The van der Waals surface area contributed by atoms with Crippen LogP contribution >= 0.6 is 0 Å². The molecular weight excluding hydrogens is 404 g/mol. The van der Waals surface area contributed by atoms with E-state index in [1.807, 2.05) is 31.2 Å². The zero-order chi connectivity index (χ0) is 22.9. The van der Waals surface area contributed by atoms with Crippen molar-refractivity contribution in [2.75, 3.05) is 12.4 Å². The van der Waals surface area contributed by atoms with Crippen molar-refractivity contribution in [2.45, 2.75) is 45.8 Å². The van der Waals surface area contributed by atoms with Crippen LogP contribution in [0.4, 0.5) is 5.95 Å². The van der Waals surface area contributed by atoms with Gasteiger partial charge in [-0.2, -0.15) is 10.1 Å². The van der Waals surface area contributed by atoms with Crippen molar-refractivity contribution in [3.63, 3.8) is 0 Å². The molecule has 2 heterocycles. The van der Waals surface area contributed by atoms with E-state index in [2.05, 4.69) is 60.4 Å². The SMILES string of the molecule is COC(=O)C1=C(C)Nc2ncnn2C1c1ccc(OCc2ccc(C(C)(C)C)cc2)cc1. The molecule has 4 rings (SSSR count). The fraction of sp³-hybridized carbons (Fsp3) is 0.320. The molecule has 7 heteroatoms. The van der Waals surface area contributed by atoms with Crippen molar-refractivity contribution in [3.8, 4) is 5.75 Å². The number of hydrogen-bond acceptors (Lipinski definition) is 6. The number of benzene rings is 2. The number of nitrogens with zero attached hydrogens (tertiary/aromatic N) is 3. The van der Waals surface area contributed by atoms with Crippen LogP contribution in [0.3, 0.4) is 0 Å². The number of allylic oxidation sites excluding steroid dienone is 1. The third-order valence-corrected chi connectivity index (χ3v) is 5.62. The number of fused-ring (bicyclic) bond motifs is 1. The second-order valence-electron chi connectivity index (χ2n) is 8.89. The lowest BCUT2D eigenvalue weighted by Gasteiger charge is -2.28. The molecule has 0 amide bonds. The number of carbonyl (C=O) groups is 1. The van der Waals surface area contributed by atoms with Crippen molar-refractivity contribution < 1.29 is 14.3 Å². The van der Waals surface area contributed by atoms with Gasteiger partial charge in [0.15, 0.2) is 0 Å². The highest BCUT2D eigenvalue weighted by Crippen LogP contribution is 2.35. The van der Waals surface area contributed by atoms with Crippen molar-refractivity contribution >= 4 is 11.9 Å². The van der Waals surface area contributed by atoms with E-state index in [1.54, 1.807) is 4.68 Å².